The standard InChI is InChI=1S/C17H25NO3/c1-12(2)11-21-15-8-6-14(7-9-15)17(19)18-13(3)16-5-4-10-20-16/h6-9,12-13,16H,4-5,10-11H2,1-3H3,(H,18,19)/t13-,16-/m0/s1. The topological polar surface area (TPSA) is 47.6 Å². The number of amides is 1. The predicted molar refractivity (Wildman–Crippen MR) is 82.7 cm³/mol. The minimum Gasteiger partial charge on any atom is -0.493 e. The fraction of sp³-hybridized carbons (Fsp3) is 0.588. The lowest BCUT2D eigenvalue weighted by Gasteiger charge is -2.20. The summed E-state index contributed by atoms with van der Waals surface area (Å²) in [5.74, 6) is 1.22. The number of ether oxygens (including phenoxy) is 2. The Morgan fingerprint density at radius 1 is 1.33 bits per heavy atom. The molecule has 0 spiro atoms. The molecule has 1 heterocycles. The quantitative estimate of drug-likeness (QED) is 0.876. The van der Waals surface area contributed by atoms with Crippen LogP contribution in [0.15, 0.2) is 24.3 Å². The number of benzene rings is 1. The molecule has 0 aliphatic carbocycles. The predicted octanol–water partition coefficient (Wildman–Crippen LogP) is 3.02. The molecule has 4 heteroatoms. The van der Waals surface area contributed by atoms with E-state index in [0.717, 1.165) is 25.2 Å². The molecule has 1 amide bonds. The van der Waals surface area contributed by atoms with Crippen molar-refractivity contribution in [2.45, 2.75) is 45.8 Å². The molecule has 1 saturated heterocycles. The van der Waals surface area contributed by atoms with Crippen molar-refractivity contribution in [1.29, 1.82) is 0 Å². The number of hydrogen-bond donors (Lipinski definition) is 1. The molecule has 116 valence electrons. The second-order valence-electron chi connectivity index (χ2n) is 6.04. The third-order valence-electron chi connectivity index (χ3n) is 3.58. The molecular weight excluding hydrogens is 266 g/mol. The highest BCUT2D eigenvalue weighted by molar-refractivity contribution is 5.94. The van der Waals surface area contributed by atoms with Gasteiger partial charge < -0.3 is 14.8 Å². The van der Waals surface area contributed by atoms with Gasteiger partial charge in [0.15, 0.2) is 0 Å². The fourth-order valence-electron chi connectivity index (χ4n) is 2.35. The van der Waals surface area contributed by atoms with Crippen molar-refractivity contribution in [2.24, 2.45) is 5.92 Å². The molecule has 1 aliphatic rings. The van der Waals surface area contributed by atoms with Crippen molar-refractivity contribution >= 4 is 5.91 Å². The molecule has 1 fully saturated rings. The van der Waals surface area contributed by atoms with E-state index in [9.17, 15) is 4.79 Å². The number of rotatable bonds is 6. The van der Waals surface area contributed by atoms with Gasteiger partial charge in [0.05, 0.1) is 18.8 Å². The van der Waals surface area contributed by atoms with E-state index in [1.807, 2.05) is 19.1 Å². The molecular formula is C17H25NO3. The number of carbonyl (C=O) groups excluding carboxylic acids is 1. The second-order valence-corrected chi connectivity index (χ2v) is 6.04. The van der Waals surface area contributed by atoms with E-state index < -0.39 is 0 Å². The molecule has 1 aliphatic heterocycles. The maximum Gasteiger partial charge on any atom is 0.251 e. The van der Waals surface area contributed by atoms with Crippen LogP contribution in [0.2, 0.25) is 0 Å². The largest absolute Gasteiger partial charge is 0.493 e. The molecule has 1 aromatic rings. The molecule has 4 nitrogen and oxygen atoms in total. The smallest absolute Gasteiger partial charge is 0.251 e. The minimum atomic E-state index is -0.0617. The Bertz CT molecular complexity index is 450. The Hall–Kier alpha value is -1.55. The SMILES string of the molecule is CC(C)COc1ccc(C(=O)N[C@@H](C)[C@@H]2CCCO2)cc1. The van der Waals surface area contributed by atoms with E-state index in [2.05, 4.69) is 19.2 Å². The molecule has 2 rings (SSSR count). The van der Waals surface area contributed by atoms with E-state index in [-0.39, 0.29) is 18.1 Å². The van der Waals surface area contributed by atoms with Crippen molar-refractivity contribution in [2.75, 3.05) is 13.2 Å². The van der Waals surface area contributed by atoms with Crippen LogP contribution in [0.1, 0.15) is 44.0 Å². The summed E-state index contributed by atoms with van der Waals surface area (Å²) in [5, 5.41) is 3.00. The van der Waals surface area contributed by atoms with E-state index >= 15 is 0 Å². The molecule has 0 aromatic heterocycles. The molecule has 1 N–H and O–H groups in total. The normalized spacial score (nSPS) is 19.5. The lowest BCUT2D eigenvalue weighted by molar-refractivity contribution is 0.0712. The fourth-order valence-corrected chi connectivity index (χ4v) is 2.35. The Balaban J connectivity index is 1.87. The maximum atomic E-state index is 12.2. The molecule has 0 unspecified atom stereocenters. The van der Waals surface area contributed by atoms with Crippen LogP contribution >= 0.6 is 0 Å². The Morgan fingerprint density at radius 2 is 2.05 bits per heavy atom. The molecule has 0 radical (unpaired) electrons. The summed E-state index contributed by atoms with van der Waals surface area (Å²) in [4.78, 5) is 12.2. The molecule has 0 saturated carbocycles. The van der Waals surface area contributed by atoms with Crippen molar-refractivity contribution in [3.63, 3.8) is 0 Å². The highest BCUT2D eigenvalue weighted by Crippen LogP contribution is 2.17. The van der Waals surface area contributed by atoms with Gasteiger partial charge in [-0.25, -0.2) is 0 Å². The van der Waals surface area contributed by atoms with Gasteiger partial charge in [0, 0.05) is 12.2 Å². The van der Waals surface area contributed by atoms with Gasteiger partial charge in [0.1, 0.15) is 5.75 Å². The third-order valence-corrected chi connectivity index (χ3v) is 3.58. The van der Waals surface area contributed by atoms with Crippen LogP contribution in [0.3, 0.4) is 0 Å². The molecule has 1 aromatic carbocycles. The molecule has 0 bridgehead atoms. The monoisotopic (exact) mass is 291 g/mol. The highest BCUT2D eigenvalue weighted by Gasteiger charge is 2.23. The number of nitrogens with one attached hydrogen (secondary N) is 1. The Kier molecular flexibility index (Phi) is 5.62. The van der Waals surface area contributed by atoms with Gasteiger partial charge in [0.25, 0.3) is 5.91 Å². The summed E-state index contributed by atoms with van der Waals surface area (Å²) >= 11 is 0. The first-order valence-electron chi connectivity index (χ1n) is 7.71. The van der Waals surface area contributed by atoms with Crippen molar-refractivity contribution in [1.82, 2.24) is 5.32 Å². The Morgan fingerprint density at radius 3 is 2.62 bits per heavy atom. The molecule has 21 heavy (non-hydrogen) atoms. The zero-order valence-corrected chi connectivity index (χ0v) is 13.1. The summed E-state index contributed by atoms with van der Waals surface area (Å²) in [5.41, 5.74) is 0.650. The first-order valence-corrected chi connectivity index (χ1v) is 7.71. The Labute approximate surface area is 126 Å². The first kappa shape index (κ1) is 15.8. The zero-order valence-electron chi connectivity index (χ0n) is 13.1. The van der Waals surface area contributed by atoms with Gasteiger partial charge in [0.2, 0.25) is 0 Å². The lowest BCUT2D eigenvalue weighted by Crippen LogP contribution is -2.40. The average Bonchev–Trinajstić information content (AvgIpc) is 3.00. The van der Waals surface area contributed by atoms with Crippen LogP contribution in [-0.4, -0.2) is 31.3 Å². The minimum absolute atomic E-state index is 0.0388. The van der Waals surface area contributed by atoms with Gasteiger partial charge in [-0.05, 0) is 49.9 Å². The summed E-state index contributed by atoms with van der Waals surface area (Å²) < 4.78 is 11.2. The summed E-state index contributed by atoms with van der Waals surface area (Å²) in [6.07, 6.45) is 2.23. The van der Waals surface area contributed by atoms with Crippen LogP contribution in [-0.2, 0) is 4.74 Å². The van der Waals surface area contributed by atoms with E-state index in [0.29, 0.717) is 18.1 Å². The van der Waals surface area contributed by atoms with E-state index in [1.54, 1.807) is 12.1 Å². The average molecular weight is 291 g/mol. The van der Waals surface area contributed by atoms with Gasteiger partial charge >= 0.3 is 0 Å². The summed E-state index contributed by atoms with van der Waals surface area (Å²) in [6.45, 7) is 7.69. The number of hydrogen-bond acceptors (Lipinski definition) is 3. The summed E-state index contributed by atoms with van der Waals surface area (Å²) in [7, 11) is 0. The molecule has 2 atom stereocenters. The van der Waals surface area contributed by atoms with Crippen LogP contribution in [0.4, 0.5) is 0 Å². The summed E-state index contributed by atoms with van der Waals surface area (Å²) in [6, 6.07) is 7.32. The van der Waals surface area contributed by atoms with Crippen LogP contribution < -0.4 is 10.1 Å². The zero-order chi connectivity index (χ0) is 15.2. The van der Waals surface area contributed by atoms with Crippen molar-refractivity contribution in [3.05, 3.63) is 29.8 Å². The lowest BCUT2D eigenvalue weighted by atomic mass is 10.1. The first-order chi connectivity index (χ1) is 10.1. The number of carbonyl (C=O) groups is 1. The van der Waals surface area contributed by atoms with Gasteiger partial charge in [-0.15, -0.1) is 0 Å². The van der Waals surface area contributed by atoms with Crippen molar-refractivity contribution in [3.8, 4) is 5.75 Å². The van der Waals surface area contributed by atoms with Gasteiger partial charge in [-0.1, -0.05) is 13.8 Å². The van der Waals surface area contributed by atoms with Crippen LogP contribution in [0.5, 0.6) is 5.75 Å². The van der Waals surface area contributed by atoms with Gasteiger partial charge in [-0.3, -0.25) is 4.79 Å². The maximum absolute atomic E-state index is 12.2. The van der Waals surface area contributed by atoms with Crippen molar-refractivity contribution < 1.29 is 14.3 Å². The second kappa shape index (κ2) is 7.46. The van der Waals surface area contributed by atoms with Gasteiger partial charge in [-0.2, -0.15) is 0 Å². The van der Waals surface area contributed by atoms with E-state index in [4.69, 9.17) is 9.47 Å². The van der Waals surface area contributed by atoms with Crippen LogP contribution in [0, 0.1) is 5.92 Å². The van der Waals surface area contributed by atoms with Crippen LogP contribution in [0.25, 0.3) is 0 Å². The third kappa shape index (κ3) is 4.74. The highest BCUT2D eigenvalue weighted by atomic mass is 16.5. The van der Waals surface area contributed by atoms with E-state index in [1.165, 1.54) is 0 Å².